The second-order valence-corrected chi connectivity index (χ2v) is 13.7. The minimum Gasteiger partial charge on any atom is -0.396 e. The maximum Gasteiger partial charge on any atom is 0.333 e. The van der Waals surface area contributed by atoms with Crippen molar-refractivity contribution in [2.75, 3.05) is 38.3 Å². The van der Waals surface area contributed by atoms with Crippen LogP contribution in [0.5, 0.6) is 0 Å². The van der Waals surface area contributed by atoms with Crippen LogP contribution >= 0.6 is 7.60 Å². The molecule has 0 spiro atoms. The molecule has 248 valence electrons. The number of anilines is 1. The predicted molar refractivity (Wildman–Crippen MR) is 174 cm³/mol. The zero-order valence-corrected chi connectivity index (χ0v) is 27.3. The Hall–Kier alpha value is -1.75. The van der Waals surface area contributed by atoms with Crippen LogP contribution in [0.3, 0.4) is 0 Å². The molecule has 11 nitrogen and oxygen atoms in total. The third kappa shape index (κ3) is 16.2. The number of unbranched alkanes of at least 4 members (excludes halogenated alkanes) is 16. The number of aromatic amines is 2. The van der Waals surface area contributed by atoms with Crippen LogP contribution < -0.4 is 16.6 Å². The SMILES string of the molecule is CCOP(=O)(C[C@@H](O)CNCc1c[nH]c2c(=O)[nH]c(N)nc12)OCCCCCCCCCCCCCCCCCCCO. The molecule has 2 heterocycles. The Balaban J connectivity index is 1.47. The molecule has 2 aromatic heterocycles. The van der Waals surface area contributed by atoms with E-state index in [4.69, 9.17) is 19.9 Å². The van der Waals surface area contributed by atoms with E-state index in [1.54, 1.807) is 13.1 Å². The van der Waals surface area contributed by atoms with E-state index in [-0.39, 0.29) is 30.8 Å². The molecule has 0 saturated heterocycles. The van der Waals surface area contributed by atoms with Gasteiger partial charge in [0, 0.05) is 31.5 Å². The minimum atomic E-state index is -3.40. The van der Waals surface area contributed by atoms with Gasteiger partial charge in [-0.2, -0.15) is 0 Å². The number of rotatable bonds is 28. The molecule has 0 aliphatic rings. The molecule has 0 saturated carbocycles. The minimum absolute atomic E-state index is 0.0403. The molecular weight excluding hydrogens is 569 g/mol. The van der Waals surface area contributed by atoms with Gasteiger partial charge in [0.2, 0.25) is 5.95 Å². The van der Waals surface area contributed by atoms with Crippen LogP contribution in [0.2, 0.25) is 0 Å². The first-order chi connectivity index (χ1) is 20.9. The third-order valence-corrected chi connectivity index (χ3v) is 9.77. The molecule has 2 atom stereocenters. The van der Waals surface area contributed by atoms with E-state index in [1.807, 2.05) is 0 Å². The van der Waals surface area contributed by atoms with Gasteiger partial charge in [0.1, 0.15) is 11.0 Å². The van der Waals surface area contributed by atoms with Crippen molar-refractivity contribution in [1.82, 2.24) is 20.3 Å². The average molecular weight is 628 g/mol. The van der Waals surface area contributed by atoms with Crippen molar-refractivity contribution < 1.29 is 23.8 Å². The van der Waals surface area contributed by atoms with E-state index in [1.165, 1.54) is 83.5 Å². The quantitative estimate of drug-likeness (QED) is 0.0477. The number of nitrogens with one attached hydrogen (secondary N) is 3. The van der Waals surface area contributed by atoms with Gasteiger partial charge >= 0.3 is 7.60 Å². The van der Waals surface area contributed by atoms with E-state index in [0.717, 1.165) is 31.2 Å². The Labute approximate surface area is 257 Å². The number of H-pyrrole nitrogens is 2. The fraction of sp³-hybridized carbons (Fsp3) is 0.806. The maximum atomic E-state index is 13.1. The number of nitrogens with two attached hydrogens (primary N) is 1. The van der Waals surface area contributed by atoms with Crippen LogP contribution in [0.1, 0.15) is 122 Å². The number of nitrogen functional groups attached to an aromatic ring is 1. The first-order valence-corrected chi connectivity index (χ1v) is 18.3. The van der Waals surface area contributed by atoms with Gasteiger partial charge in [0.15, 0.2) is 0 Å². The number of fused-ring (bicyclic) bond motifs is 1. The number of aliphatic hydroxyl groups excluding tert-OH is 2. The standard InChI is InChI=1S/C31H58N5O6P/c1-2-41-43(40,25-27(38)24-33-22-26-23-34-29-28(26)35-31(32)36-30(29)39)42-21-19-17-15-13-11-9-7-5-3-4-6-8-10-12-14-16-18-20-37/h23,27,33-34,37-38H,2-22,24-25H2,1H3,(H3,32,35,36,39)/t27-,43?/m0/s1. The van der Waals surface area contributed by atoms with Gasteiger partial charge in [-0.25, -0.2) is 4.98 Å². The molecule has 0 amide bonds. The fourth-order valence-corrected chi connectivity index (χ4v) is 7.06. The van der Waals surface area contributed by atoms with Gasteiger partial charge in [-0.3, -0.25) is 14.3 Å². The topological polar surface area (TPSA) is 176 Å². The number of aromatic nitrogens is 3. The summed E-state index contributed by atoms with van der Waals surface area (Å²) in [6, 6.07) is 0. The average Bonchev–Trinajstić information content (AvgIpc) is 3.37. The Morgan fingerprint density at radius 1 is 0.907 bits per heavy atom. The lowest BCUT2D eigenvalue weighted by Gasteiger charge is -2.21. The number of aliphatic hydroxyl groups is 2. The molecule has 0 aliphatic heterocycles. The van der Waals surface area contributed by atoms with Crippen LogP contribution in [0.15, 0.2) is 11.0 Å². The highest BCUT2D eigenvalue weighted by Crippen LogP contribution is 2.48. The van der Waals surface area contributed by atoms with Crippen LogP contribution in [-0.4, -0.2) is 63.8 Å². The Morgan fingerprint density at radius 2 is 1.44 bits per heavy atom. The highest BCUT2D eigenvalue weighted by molar-refractivity contribution is 7.53. The Morgan fingerprint density at radius 3 is 1.98 bits per heavy atom. The molecule has 43 heavy (non-hydrogen) atoms. The number of hydrogen-bond acceptors (Lipinski definition) is 9. The van der Waals surface area contributed by atoms with Crippen molar-refractivity contribution >= 4 is 24.6 Å². The third-order valence-electron chi connectivity index (χ3n) is 7.68. The molecule has 12 heteroatoms. The molecular formula is C31H58N5O6P. The Bertz CT molecular complexity index is 1090. The molecule has 0 aliphatic carbocycles. The van der Waals surface area contributed by atoms with Crippen LogP contribution in [-0.2, 0) is 20.2 Å². The summed E-state index contributed by atoms with van der Waals surface area (Å²) in [7, 11) is -3.40. The molecule has 1 unspecified atom stereocenters. The van der Waals surface area contributed by atoms with Crippen molar-refractivity contribution in [3.05, 3.63) is 22.1 Å². The molecule has 2 aromatic rings. The summed E-state index contributed by atoms with van der Waals surface area (Å²) >= 11 is 0. The highest BCUT2D eigenvalue weighted by Gasteiger charge is 2.28. The smallest absolute Gasteiger partial charge is 0.333 e. The summed E-state index contributed by atoms with van der Waals surface area (Å²) < 4.78 is 24.3. The van der Waals surface area contributed by atoms with Crippen molar-refractivity contribution in [1.29, 1.82) is 0 Å². The van der Waals surface area contributed by atoms with Crippen molar-refractivity contribution in [2.24, 2.45) is 0 Å². The molecule has 0 bridgehead atoms. The monoisotopic (exact) mass is 627 g/mol. The Kier molecular flexibility index (Phi) is 19.8. The maximum absolute atomic E-state index is 13.1. The van der Waals surface area contributed by atoms with Gasteiger partial charge < -0.3 is 35.3 Å². The lowest BCUT2D eigenvalue weighted by molar-refractivity contribution is 0.162. The largest absolute Gasteiger partial charge is 0.396 e. The molecule has 0 radical (unpaired) electrons. The zero-order valence-electron chi connectivity index (χ0n) is 26.4. The summed E-state index contributed by atoms with van der Waals surface area (Å²) in [6.45, 7) is 3.23. The van der Waals surface area contributed by atoms with E-state index < -0.39 is 13.7 Å². The van der Waals surface area contributed by atoms with Crippen molar-refractivity contribution in [3.63, 3.8) is 0 Å². The first-order valence-electron chi connectivity index (χ1n) is 16.6. The lowest BCUT2D eigenvalue weighted by atomic mass is 10.0. The van der Waals surface area contributed by atoms with E-state index in [0.29, 0.717) is 30.8 Å². The van der Waals surface area contributed by atoms with Crippen molar-refractivity contribution in [3.8, 4) is 0 Å². The molecule has 0 aromatic carbocycles. The lowest BCUT2D eigenvalue weighted by Crippen LogP contribution is -2.29. The molecule has 2 rings (SSSR count). The van der Waals surface area contributed by atoms with Gasteiger partial charge in [-0.05, 0) is 19.8 Å². The first kappa shape index (κ1) is 37.4. The number of nitrogens with zero attached hydrogens (tertiary/aromatic N) is 1. The highest BCUT2D eigenvalue weighted by atomic mass is 31.2. The molecule has 7 N–H and O–H groups in total. The summed E-state index contributed by atoms with van der Waals surface area (Å²) in [6.07, 6.45) is 21.6. The summed E-state index contributed by atoms with van der Waals surface area (Å²) in [5.41, 5.74) is 6.87. The van der Waals surface area contributed by atoms with Crippen molar-refractivity contribution in [2.45, 2.75) is 129 Å². The predicted octanol–water partition coefficient (Wildman–Crippen LogP) is 6.15. The summed E-state index contributed by atoms with van der Waals surface area (Å²) in [4.78, 5) is 21.5. The normalized spacial score (nSPS) is 13.9. The zero-order chi connectivity index (χ0) is 31.2. The second kappa shape index (κ2) is 22.7. The summed E-state index contributed by atoms with van der Waals surface area (Å²) in [5.74, 6) is 0.0403. The second-order valence-electron chi connectivity index (χ2n) is 11.6. The van der Waals surface area contributed by atoms with Gasteiger partial charge in [-0.1, -0.05) is 96.3 Å². The van der Waals surface area contributed by atoms with Gasteiger partial charge in [0.05, 0.1) is 25.5 Å². The molecule has 0 fully saturated rings. The number of hydrogen-bond donors (Lipinski definition) is 6. The van der Waals surface area contributed by atoms with Crippen LogP contribution in [0.4, 0.5) is 5.95 Å². The van der Waals surface area contributed by atoms with E-state index >= 15 is 0 Å². The van der Waals surface area contributed by atoms with Crippen LogP contribution in [0.25, 0.3) is 11.0 Å². The van der Waals surface area contributed by atoms with Gasteiger partial charge in [0.25, 0.3) is 5.56 Å². The van der Waals surface area contributed by atoms with E-state index in [9.17, 15) is 14.5 Å². The van der Waals surface area contributed by atoms with Crippen LogP contribution in [0, 0.1) is 0 Å². The van der Waals surface area contributed by atoms with E-state index in [2.05, 4.69) is 20.3 Å². The fourth-order valence-electron chi connectivity index (χ4n) is 5.32. The van der Waals surface area contributed by atoms with Gasteiger partial charge in [-0.15, -0.1) is 0 Å². The summed E-state index contributed by atoms with van der Waals surface area (Å²) in [5, 5.41) is 22.4.